The Bertz CT molecular complexity index is 349. The first-order chi connectivity index (χ1) is 7.84. The van der Waals surface area contributed by atoms with Gasteiger partial charge in [0, 0.05) is 24.2 Å². The van der Waals surface area contributed by atoms with Crippen molar-refractivity contribution < 1.29 is 4.74 Å². The van der Waals surface area contributed by atoms with Crippen molar-refractivity contribution in [2.45, 2.75) is 58.7 Å². The predicted molar refractivity (Wildman–Crippen MR) is 73.6 cm³/mol. The van der Waals surface area contributed by atoms with Crippen molar-refractivity contribution >= 4 is 11.3 Å². The monoisotopic (exact) mass is 256 g/mol. The number of aryl methyl sites for hydroxylation is 1. The average molecular weight is 256 g/mol. The quantitative estimate of drug-likeness (QED) is 0.848. The van der Waals surface area contributed by atoms with Gasteiger partial charge in [-0.05, 0) is 41.0 Å². The third kappa shape index (κ3) is 4.74. The molecule has 1 N–H and O–H groups in total. The van der Waals surface area contributed by atoms with Crippen LogP contribution in [0.3, 0.4) is 0 Å². The molecule has 2 atom stereocenters. The largest absolute Gasteiger partial charge is 0.379 e. The summed E-state index contributed by atoms with van der Waals surface area (Å²) in [5.74, 6) is 0. The fraction of sp³-hybridized carbons (Fsp3) is 0.769. The molecule has 0 aliphatic carbocycles. The highest BCUT2D eigenvalue weighted by Crippen LogP contribution is 2.21. The molecule has 1 aromatic heterocycles. The Balaban J connectivity index is 2.49. The normalized spacial score (nSPS) is 15.9. The number of hydrogen-bond acceptors (Lipinski definition) is 4. The fourth-order valence-corrected chi connectivity index (χ4v) is 2.76. The summed E-state index contributed by atoms with van der Waals surface area (Å²) >= 11 is 1.72. The number of ether oxygens (including phenoxy) is 1. The summed E-state index contributed by atoms with van der Waals surface area (Å²) in [7, 11) is 1.76. The van der Waals surface area contributed by atoms with Gasteiger partial charge in [0.05, 0.1) is 11.6 Å². The van der Waals surface area contributed by atoms with Crippen molar-refractivity contribution in [1.82, 2.24) is 10.3 Å². The molecule has 17 heavy (non-hydrogen) atoms. The maximum Gasteiger partial charge on any atom is 0.110 e. The van der Waals surface area contributed by atoms with Gasteiger partial charge >= 0.3 is 0 Å². The first-order valence-electron chi connectivity index (χ1n) is 6.07. The number of thiazole rings is 1. The summed E-state index contributed by atoms with van der Waals surface area (Å²) in [4.78, 5) is 4.51. The molecule has 4 heteroatoms. The van der Waals surface area contributed by atoms with Crippen LogP contribution < -0.4 is 5.32 Å². The van der Waals surface area contributed by atoms with E-state index in [1.165, 1.54) is 0 Å². The number of hydrogen-bond donors (Lipinski definition) is 1. The number of rotatable bonds is 6. The molecule has 0 amide bonds. The SMILES string of the molecule is COC(C)(C)CC(C)NC(C)c1nc(C)cs1. The Kier molecular flexibility index (Phi) is 5.10. The maximum atomic E-state index is 5.45. The minimum absolute atomic E-state index is 0.0784. The van der Waals surface area contributed by atoms with E-state index < -0.39 is 0 Å². The van der Waals surface area contributed by atoms with Crippen molar-refractivity contribution in [2.24, 2.45) is 0 Å². The molecule has 3 nitrogen and oxygen atoms in total. The van der Waals surface area contributed by atoms with E-state index in [1.54, 1.807) is 18.4 Å². The highest BCUT2D eigenvalue weighted by atomic mass is 32.1. The van der Waals surface area contributed by atoms with E-state index in [0.717, 1.165) is 17.1 Å². The molecule has 0 saturated carbocycles. The van der Waals surface area contributed by atoms with Gasteiger partial charge in [0.15, 0.2) is 0 Å². The van der Waals surface area contributed by atoms with E-state index >= 15 is 0 Å². The molecule has 1 heterocycles. The Morgan fingerprint density at radius 2 is 2.12 bits per heavy atom. The molecule has 98 valence electrons. The van der Waals surface area contributed by atoms with Crippen LogP contribution in [0.1, 0.15) is 50.9 Å². The topological polar surface area (TPSA) is 34.1 Å². The van der Waals surface area contributed by atoms with Crippen molar-refractivity contribution in [3.05, 3.63) is 16.1 Å². The van der Waals surface area contributed by atoms with Crippen LogP contribution in [0, 0.1) is 6.92 Å². The molecular formula is C13H24N2OS. The zero-order valence-electron chi connectivity index (χ0n) is 11.7. The summed E-state index contributed by atoms with van der Waals surface area (Å²) in [5, 5.41) is 6.82. The average Bonchev–Trinajstić information content (AvgIpc) is 2.64. The lowest BCUT2D eigenvalue weighted by molar-refractivity contribution is 0.00782. The van der Waals surface area contributed by atoms with Gasteiger partial charge in [-0.25, -0.2) is 4.98 Å². The van der Waals surface area contributed by atoms with E-state index in [4.69, 9.17) is 4.74 Å². The van der Waals surface area contributed by atoms with Crippen LogP contribution in [-0.4, -0.2) is 23.7 Å². The van der Waals surface area contributed by atoms with Gasteiger partial charge in [-0.2, -0.15) is 0 Å². The molecule has 0 fully saturated rings. The van der Waals surface area contributed by atoms with Crippen molar-refractivity contribution in [3.8, 4) is 0 Å². The molecule has 2 unspecified atom stereocenters. The molecular weight excluding hydrogens is 232 g/mol. The second-order valence-corrected chi connectivity index (χ2v) is 6.17. The van der Waals surface area contributed by atoms with E-state index in [2.05, 4.69) is 43.4 Å². The summed E-state index contributed by atoms with van der Waals surface area (Å²) < 4.78 is 5.45. The number of aromatic nitrogens is 1. The van der Waals surface area contributed by atoms with Gasteiger partial charge in [-0.15, -0.1) is 11.3 Å². The standard InChI is InChI=1S/C13H24N2OS/c1-9(7-13(4,5)16-6)14-11(3)12-15-10(2)8-17-12/h8-9,11,14H,7H2,1-6H3. The van der Waals surface area contributed by atoms with Crippen LogP contribution in [0.25, 0.3) is 0 Å². The first-order valence-corrected chi connectivity index (χ1v) is 6.95. The molecule has 1 aromatic rings. The zero-order valence-corrected chi connectivity index (χ0v) is 12.5. The Morgan fingerprint density at radius 1 is 1.47 bits per heavy atom. The fourth-order valence-electron chi connectivity index (χ4n) is 1.95. The molecule has 0 aromatic carbocycles. The number of nitrogens with one attached hydrogen (secondary N) is 1. The van der Waals surface area contributed by atoms with Crippen LogP contribution in [0.4, 0.5) is 0 Å². The van der Waals surface area contributed by atoms with Gasteiger partial charge in [0.1, 0.15) is 5.01 Å². The Labute approximate surface area is 109 Å². The third-order valence-electron chi connectivity index (χ3n) is 2.89. The third-order valence-corrected chi connectivity index (χ3v) is 4.04. The molecule has 0 bridgehead atoms. The molecule has 0 aliphatic rings. The molecule has 0 aliphatic heterocycles. The van der Waals surface area contributed by atoms with Crippen molar-refractivity contribution in [2.75, 3.05) is 7.11 Å². The first kappa shape index (κ1) is 14.6. The van der Waals surface area contributed by atoms with Crippen molar-refractivity contribution in [3.63, 3.8) is 0 Å². The number of methoxy groups -OCH3 is 1. The predicted octanol–water partition coefficient (Wildman–Crippen LogP) is 3.31. The van der Waals surface area contributed by atoms with E-state index in [-0.39, 0.29) is 5.60 Å². The lowest BCUT2D eigenvalue weighted by atomic mass is 9.99. The minimum atomic E-state index is -0.0784. The summed E-state index contributed by atoms with van der Waals surface area (Å²) in [5.41, 5.74) is 1.02. The Hall–Kier alpha value is -0.450. The van der Waals surface area contributed by atoms with Crippen LogP contribution >= 0.6 is 11.3 Å². The summed E-state index contributed by atoms with van der Waals surface area (Å²) in [6, 6.07) is 0.709. The highest BCUT2D eigenvalue weighted by Gasteiger charge is 2.21. The second-order valence-electron chi connectivity index (χ2n) is 5.28. The van der Waals surface area contributed by atoms with E-state index in [0.29, 0.717) is 12.1 Å². The smallest absolute Gasteiger partial charge is 0.110 e. The number of nitrogens with zero attached hydrogens (tertiary/aromatic N) is 1. The van der Waals surface area contributed by atoms with Crippen LogP contribution in [0.15, 0.2) is 5.38 Å². The van der Waals surface area contributed by atoms with Gasteiger partial charge in [0.2, 0.25) is 0 Å². The van der Waals surface area contributed by atoms with E-state index in [9.17, 15) is 0 Å². The molecule has 0 spiro atoms. The lowest BCUT2D eigenvalue weighted by Crippen LogP contribution is -2.36. The Morgan fingerprint density at radius 3 is 2.59 bits per heavy atom. The van der Waals surface area contributed by atoms with Gasteiger partial charge < -0.3 is 10.1 Å². The van der Waals surface area contributed by atoms with Gasteiger partial charge in [-0.1, -0.05) is 0 Å². The molecule has 0 saturated heterocycles. The van der Waals surface area contributed by atoms with Crippen LogP contribution in [0.5, 0.6) is 0 Å². The molecule has 0 radical (unpaired) electrons. The van der Waals surface area contributed by atoms with Crippen LogP contribution in [0.2, 0.25) is 0 Å². The second kappa shape index (κ2) is 5.94. The highest BCUT2D eigenvalue weighted by molar-refractivity contribution is 7.09. The summed E-state index contributed by atoms with van der Waals surface area (Å²) in [6.07, 6.45) is 0.984. The maximum absolute atomic E-state index is 5.45. The zero-order chi connectivity index (χ0) is 13.1. The van der Waals surface area contributed by atoms with Gasteiger partial charge in [0.25, 0.3) is 0 Å². The summed E-state index contributed by atoms with van der Waals surface area (Å²) in [6.45, 7) is 10.6. The minimum Gasteiger partial charge on any atom is -0.379 e. The van der Waals surface area contributed by atoms with Crippen molar-refractivity contribution in [1.29, 1.82) is 0 Å². The van der Waals surface area contributed by atoms with E-state index in [1.807, 2.05) is 6.92 Å². The van der Waals surface area contributed by atoms with Crippen LogP contribution in [-0.2, 0) is 4.74 Å². The lowest BCUT2D eigenvalue weighted by Gasteiger charge is -2.28. The van der Waals surface area contributed by atoms with Gasteiger partial charge in [-0.3, -0.25) is 0 Å². The molecule has 1 rings (SSSR count).